The maximum Gasteiger partial charge on any atom is 0.326 e. The van der Waals surface area contributed by atoms with E-state index in [1.165, 1.54) is 0 Å². The molecule has 1 aliphatic rings. The molecule has 33 heavy (non-hydrogen) atoms. The van der Waals surface area contributed by atoms with Gasteiger partial charge in [-0.25, -0.2) is 9.78 Å². The lowest BCUT2D eigenvalue weighted by Gasteiger charge is -2.12. The first-order chi connectivity index (χ1) is 16.2. The van der Waals surface area contributed by atoms with Crippen molar-refractivity contribution in [3.05, 3.63) is 84.2 Å². The normalized spacial score (nSPS) is 14.6. The monoisotopic (exact) mass is 438 g/mol. The first-order valence-electron chi connectivity index (χ1n) is 11.4. The highest BCUT2D eigenvalue weighted by molar-refractivity contribution is 6.12. The summed E-state index contributed by atoms with van der Waals surface area (Å²) in [5.74, 6) is 0.458. The fraction of sp³-hybridized carbons (Fsp3) is 0.222. The quantitative estimate of drug-likeness (QED) is 0.310. The van der Waals surface area contributed by atoms with Gasteiger partial charge in [-0.15, -0.1) is 0 Å². The number of carbonyl (C=O) groups is 2. The summed E-state index contributed by atoms with van der Waals surface area (Å²) >= 11 is 0. The van der Waals surface area contributed by atoms with E-state index in [0.717, 1.165) is 46.3 Å². The van der Waals surface area contributed by atoms with Gasteiger partial charge in [0.1, 0.15) is 5.82 Å². The molecule has 0 bridgehead atoms. The maximum absolute atomic E-state index is 13.7. The summed E-state index contributed by atoms with van der Waals surface area (Å²) in [5, 5.41) is 7.00. The second kappa shape index (κ2) is 8.90. The number of rotatable bonds is 6. The van der Waals surface area contributed by atoms with Crippen LogP contribution in [0.4, 0.5) is 10.6 Å². The summed E-state index contributed by atoms with van der Waals surface area (Å²) in [6.45, 7) is 3.23. The molecule has 1 amide bonds. The van der Waals surface area contributed by atoms with Crippen LogP contribution in [0.25, 0.3) is 22.0 Å². The Hall–Kier alpha value is -3.93. The number of nitrogens with zero attached hydrogens (tertiary/aromatic N) is 2. The standard InChI is InChI=1S/C27H26N4O2/c1-2-3-13-28-27(33)31-14-12-20-21(10-7-11-24(20)31)25(32)23-17-30-26-22(23)15-19(16-29-26)18-8-5-4-6-9-18/h4-12,14-16,23H,2-3,13,17H2,1H3,(H,28,33)(H,29,30). The Balaban J connectivity index is 1.47. The molecule has 2 aromatic carbocycles. The molecule has 0 radical (unpaired) electrons. The molecule has 4 aromatic rings. The van der Waals surface area contributed by atoms with E-state index in [9.17, 15) is 9.59 Å². The zero-order chi connectivity index (χ0) is 22.8. The van der Waals surface area contributed by atoms with Crippen LogP contribution < -0.4 is 10.6 Å². The number of nitrogens with one attached hydrogen (secondary N) is 2. The maximum atomic E-state index is 13.7. The highest BCUT2D eigenvalue weighted by atomic mass is 16.2. The van der Waals surface area contributed by atoms with Gasteiger partial charge in [0.15, 0.2) is 5.78 Å². The average Bonchev–Trinajstić information content (AvgIpc) is 3.48. The summed E-state index contributed by atoms with van der Waals surface area (Å²) in [5.41, 5.74) is 4.33. The number of ketones is 1. The lowest BCUT2D eigenvalue weighted by molar-refractivity contribution is 0.0968. The molecule has 0 spiro atoms. The van der Waals surface area contributed by atoms with Crippen LogP contribution in [0, 0.1) is 0 Å². The Morgan fingerprint density at radius 1 is 1.09 bits per heavy atom. The number of unbranched alkanes of at least 4 members (excludes halogenated alkanes) is 1. The molecule has 0 aliphatic carbocycles. The van der Waals surface area contributed by atoms with E-state index >= 15 is 0 Å². The highest BCUT2D eigenvalue weighted by Gasteiger charge is 2.31. The summed E-state index contributed by atoms with van der Waals surface area (Å²) in [6, 6.07) is 19.3. The van der Waals surface area contributed by atoms with E-state index in [0.29, 0.717) is 18.7 Å². The molecular weight excluding hydrogens is 412 g/mol. The number of anilines is 1. The number of fused-ring (bicyclic) bond motifs is 2. The van der Waals surface area contributed by atoms with Crippen LogP contribution >= 0.6 is 0 Å². The molecule has 2 aromatic heterocycles. The lowest BCUT2D eigenvalue weighted by Crippen LogP contribution is -2.28. The highest BCUT2D eigenvalue weighted by Crippen LogP contribution is 2.36. The van der Waals surface area contributed by atoms with E-state index in [1.807, 2.05) is 60.8 Å². The minimum atomic E-state index is -0.330. The SMILES string of the molecule is CCCCNC(=O)n1ccc2c(C(=O)C3CNc4ncc(-c5ccccc5)cc43)cccc21. The van der Waals surface area contributed by atoms with E-state index in [-0.39, 0.29) is 17.7 Å². The third-order valence-corrected chi connectivity index (χ3v) is 6.21. The molecule has 0 saturated carbocycles. The Labute approximate surface area is 192 Å². The van der Waals surface area contributed by atoms with Crippen molar-refractivity contribution in [2.24, 2.45) is 0 Å². The molecule has 6 heteroatoms. The third kappa shape index (κ3) is 3.89. The van der Waals surface area contributed by atoms with Crippen molar-refractivity contribution in [2.75, 3.05) is 18.4 Å². The Morgan fingerprint density at radius 3 is 2.76 bits per heavy atom. The van der Waals surface area contributed by atoms with Crippen molar-refractivity contribution in [2.45, 2.75) is 25.7 Å². The molecule has 5 rings (SSSR count). The number of hydrogen-bond acceptors (Lipinski definition) is 4. The largest absolute Gasteiger partial charge is 0.369 e. The smallest absolute Gasteiger partial charge is 0.326 e. The third-order valence-electron chi connectivity index (χ3n) is 6.21. The Bertz CT molecular complexity index is 1330. The predicted octanol–water partition coefficient (Wildman–Crippen LogP) is 5.45. The number of carbonyl (C=O) groups excluding carboxylic acids is 2. The van der Waals surface area contributed by atoms with Gasteiger partial charge in [0.25, 0.3) is 0 Å². The molecule has 6 nitrogen and oxygen atoms in total. The minimum absolute atomic E-state index is 0.0306. The number of hydrogen-bond donors (Lipinski definition) is 2. The van der Waals surface area contributed by atoms with Gasteiger partial charge in [-0.3, -0.25) is 9.36 Å². The van der Waals surface area contributed by atoms with E-state index in [1.54, 1.807) is 10.8 Å². The first kappa shape index (κ1) is 20.9. The molecular formula is C27H26N4O2. The number of amides is 1. The van der Waals surface area contributed by atoms with Gasteiger partial charge >= 0.3 is 6.03 Å². The summed E-state index contributed by atoms with van der Waals surface area (Å²) < 4.78 is 1.58. The van der Waals surface area contributed by atoms with Crippen LogP contribution in [0.3, 0.4) is 0 Å². The van der Waals surface area contributed by atoms with Crippen LogP contribution in [-0.2, 0) is 0 Å². The Kier molecular flexibility index (Phi) is 5.65. The molecule has 1 unspecified atom stereocenters. The second-order valence-electron chi connectivity index (χ2n) is 8.34. The predicted molar refractivity (Wildman–Crippen MR) is 131 cm³/mol. The van der Waals surface area contributed by atoms with Gasteiger partial charge in [0.2, 0.25) is 0 Å². The average molecular weight is 439 g/mol. The van der Waals surface area contributed by atoms with E-state index < -0.39 is 0 Å². The van der Waals surface area contributed by atoms with Gasteiger partial charge in [-0.05, 0) is 30.2 Å². The second-order valence-corrected chi connectivity index (χ2v) is 8.34. The fourth-order valence-electron chi connectivity index (χ4n) is 4.43. The number of aromatic nitrogens is 2. The fourth-order valence-corrected chi connectivity index (χ4v) is 4.43. The van der Waals surface area contributed by atoms with Gasteiger partial charge in [0, 0.05) is 47.6 Å². The summed E-state index contributed by atoms with van der Waals surface area (Å²) in [7, 11) is 0. The van der Waals surface area contributed by atoms with E-state index in [4.69, 9.17) is 0 Å². The van der Waals surface area contributed by atoms with Crippen molar-refractivity contribution in [1.29, 1.82) is 0 Å². The lowest BCUT2D eigenvalue weighted by atomic mass is 9.90. The molecule has 0 saturated heterocycles. The molecule has 0 fully saturated rings. The molecule has 3 heterocycles. The van der Waals surface area contributed by atoms with Gasteiger partial charge in [0.05, 0.1) is 11.4 Å². The topological polar surface area (TPSA) is 76.0 Å². The van der Waals surface area contributed by atoms with Crippen LogP contribution in [0.15, 0.2) is 73.1 Å². The minimum Gasteiger partial charge on any atom is -0.369 e. The number of benzene rings is 2. The first-order valence-corrected chi connectivity index (χ1v) is 11.4. The summed E-state index contributed by atoms with van der Waals surface area (Å²) in [4.78, 5) is 30.9. The van der Waals surface area contributed by atoms with Crippen molar-refractivity contribution in [1.82, 2.24) is 14.9 Å². The zero-order valence-electron chi connectivity index (χ0n) is 18.5. The molecule has 166 valence electrons. The van der Waals surface area contributed by atoms with Gasteiger partial charge in [-0.2, -0.15) is 0 Å². The van der Waals surface area contributed by atoms with Crippen molar-refractivity contribution in [3.63, 3.8) is 0 Å². The van der Waals surface area contributed by atoms with Crippen LogP contribution in [-0.4, -0.2) is 34.5 Å². The van der Waals surface area contributed by atoms with Crippen LogP contribution in [0.2, 0.25) is 0 Å². The molecule has 1 aliphatic heterocycles. The van der Waals surface area contributed by atoms with Gasteiger partial charge in [-0.1, -0.05) is 55.8 Å². The van der Waals surface area contributed by atoms with Crippen LogP contribution in [0.5, 0.6) is 0 Å². The van der Waals surface area contributed by atoms with Gasteiger partial charge < -0.3 is 10.6 Å². The molecule has 1 atom stereocenters. The zero-order valence-corrected chi connectivity index (χ0v) is 18.5. The number of pyridine rings is 1. The number of Topliss-reactive ketones (excluding diaryl/α,β-unsaturated/α-hetero) is 1. The van der Waals surface area contributed by atoms with E-state index in [2.05, 4.69) is 28.6 Å². The Morgan fingerprint density at radius 2 is 1.94 bits per heavy atom. The molecule has 2 N–H and O–H groups in total. The summed E-state index contributed by atoms with van der Waals surface area (Å²) in [6.07, 6.45) is 5.52. The van der Waals surface area contributed by atoms with Crippen molar-refractivity contribution >= 4 is 28.5 Å². The van der Waals surface area contributed by atoms with Crippen molar-refractivity contribution in [3.8, 4) is 11.1 Å². The van der Waals surface area contributed by atoms with Crippen LogP contribution in [0.1, 0.15) is 41.6 Å². The van der Waals surface area contributed by atoms with Crippen molar-refractivity contribution < 1.29 is 9.59 Å².